The Balaban J connectivity index is 2.18. The summed E-state index contributed by atoms with van der Waals surface area (Å²) in [6.07, 6.45) is 1.92. The predicted octanol–water partition coefficient (Wildman–Crippen LogP) is 2.75. The summed E-state index contributed by atoms with van der Waals surface area (Å²) < 4.78 is 1.69. The summed E-state index contributed by atoms with van der Waals surface area (Å²) in [4.78, 5) is 8.33. The van der Waals surface area contributed by atoms with Crippen molar-refractivity contribution < 1.29 is 0 Å². The molecular weight excluding hydrogens is 282 g/mol. The van der Waals surface area contributed by atoms with E-state index in [4.69, 9.17) is 17.3 Å². The summed E-state index contributed by atoms with van der Waals surface area (Å²) in [5, 5.41) is 5.90. The lowest BCUT2D eigenvalue weighted by molar-refractivity contribution is 0.781. The number of hydrogen-bond donors (Lipinski definition) is 1. The van der Waals surface area contributed by atoms with Crippen molar-refractivity contribution in [1.82, 2.24) is 19.6 Å². The Bertz CT molecular complexity index is 738. The van der Waals surface area contributed by atoms with Crippen molar-refractivity contribution in [1.29, 1.82) is 0 Å². The molecule has 0 amide bonds. The van der Waals surface area contributed by atoms with Crippen LogP contribution in [-0.4, -0.2) is 25.8 Å². The van der Waals surface area contributed by atoms with E-state index in [1.54, 1.807) is 4.52 Å². The minimum atomic E-state index is 0.249. The summed E-state index contributed by atoms with van der Waals surface area (Å²) in [7, 11) is 0. The molecule has 2 heterocycles. The van der Waals surface area contributed by atoms with Gasteiger partial charge in [0.05, 0.1) is 5.69 Å². The fourth-order valence-corrected chi connectivity index (χ4v) is 2.39. The van der Waals surface area contributed by atoms with Crippen LogP contribution in [0.2, 0.25) is 5.02 Å². The maximum Gasteiger partial charge on any atom is 0.224 e. The van der Waals surface area contributed by atoms with Crippen LogP contribution in [0.4, 0.5) is 5.95 Å². The van der Waals surface area contributed by atoms with Crippen molar-refractivity contribution in [2.24, 2.45) is 0 Å². The van der Waals surface area contributed by atoms with Crippen molar-refractivity contribution in [2.75, 3.05) is 12.0 Å². The highest BCUT2D eigenvalue weighted by molar-refractivity contribution is 7.98. The van der Waals surface area contributed by atoms with Gasteiger partial charge in [-0.25, -0.2) is 0 Å². The number of thioether (sulfide) groups is 1. The highest BCUT2D eigenvalue weighted by Gasteiger charge is 2.10. The van der Waals surface area contributed by atoms with Crippen LogP contribution in [0.3, 0.4) is 0 Å². The molecule has 0 fully saturated rings. The molecule has 3 aromatic rings. The minimum Gasteiger partial charge on any atom is -0.368 e. The van der Waals surface area contributed by atoms with Gasteiger partial charge in [0.1, 0.15) is 0 Å². The van der Waals surface area contributed by atoms with E-state index in [0.29, 0.717) is 15.8 Å². The molecule has 5 nitrogen and oxygen atoms in total. The standard InChI is InChI=1S/C12H10ClN5S/c1-19-12-16-11(14)15-10-6-9(17-18(10)12)7-2-4-8(13)5-3-7/h2-6H,1H3,(H2,14,15). The molecule has 3 rings (SSSR count). The quantitative estimate of drug-likeness (QED) is 0.735. The number of fused-ring (bicyclic) bond motifs is 1. The molecule has 0 saturated carbocycles. The zero-order valence-corrected chi connectivity index (χ0v) is 11.6. The van der Waals surface area contributed by atoms with Crippen LogP contribution in [0.25, 0.3) is 16.9 Å². The van der Waals surface area contributed by atoms with Crippen LogP contribution in [0.5, 0.6) is 0 Å². The number of hydrogen-bond acceptors (Lipinski definition) is 5. The lowest BCUT2D eigenvalue weighted by atomic mass is 10.2. The fraction of sp³-hybridized carbons (Fsp3) is 0.0833. The van der Waals surface area contributed by atoms with Crippen LogP contribution in [-0.2, 0) is 0 Å². The predicted molar refractivity (Wildman–Crippen MR) is 77.4 cm³/mol. The normalized spacial score (nSPS) is 11.1. The number of benzene rings is 1. The third-order valence-electron chi connectivity index (χ3n) is 2.63. The van der Waals surface area contributed by atoms with Gasteiger partial charge in [-0.15, -0.1) is 0 Å². The average molecular weight is 292 g/mol. The van der Waals surface area contributed by atoms with E-state index in [9.17, 15) is 0 Å². The van der Waals surface area contributed by atoms with Gasteiger partial charge in [-0.1, -0.05) is 35.5 Å². The van der Waals surface area contributed by atoms with E-state index in [-0.39, 0.29) is 5.95 Å². The maximum atomic E-state index is 5.88. The minimum absolute atomic E-state index is 0.249. The molecule has 0 bridgehead atoms. The third kappa shape index (κ3) is 2.24. The van der Waals surface area contributed by atoms with E-state index in [0.717, 1.165) is 11.3 Å². The lowest BCUT2D eigenvalue weighted by Gasteiger charge is -2.00. The van der Waals surface area contributed by atoms with Crippen LogP contribution in [0, 0.1) is 0 Å². The molecule has 19 heavy (non-hydrogen) atoms. The Kier molecular flexibility index (Phi) is 3.04. The molecule has 1 aromatic carbocycles. The first-order valence-corrected chi connectivity index (χ1v) is 7.11. The molecule has 7 heteroatoms. The first kappa shape index (κ1) is 12.3. The molecule has 0 aliphatic carbocycles. The van der Waals surface area contributed by atoms with E-state index in [1.165, 1.54) is 11.8 Å². The molecule has 0 spiro atoms. The highest BCUT2D eigenvalue weighted by Crippen LogP contribution is 2.23. The van der Waals surface area contributed by atoms with E-state index < -0.39 is 0 Å². The van der Waals surface area contributed by atoms with Gasteiger partial charge in [0.15, 0.2) is 10.8 Å². The van der Waals surface area contributed by atoms with Crippen molar-refractivity contribution in [2.45, 2.75) is 5.16 Å². The summed E-state index contributed by atoms with van der Waals surface area (Å²) in [5.41, 5.74) is 8.14. The average Bonchev–Trinajstić information content (AvgIpc) is 2.82. The number of aromatic nitrogens is 4. The first-order chi connectivity index (χ1) is 9.17. The fourth-order valence-electron chi connectivity index (χ4n) is 1.77. The van der Waals surface area contributed by atoms with Gasteiger partial charge in [0, 0.05) is 16.7 Å². The van der Waals surface area contributed by atoms with Gasteiger partial charge in [-0.3, -0.25) is 0 Å². The molecule has 0 aliphatic heterocycles. The number of nitrogens with zero attached hydrogens (tertiary/aromatic N) is 4. The van der Waals surface area contributed by atoms with Gasteiger partial charge in [-0.2, -0.15) is 19.6 Å². The number of halogens is 1. The molecule has 0 atom stereocenters. The van der Waals surface area contributed by atoms with Gasteiger partial charge in [-0.05, 0) is 18.4 Å². The molecule has 2 aromatic heterocycles. The molecule has 0 aliphatic rings. The second kappa shape index (κ2) is 4.71. The third-order valence-corrected chi connectivity index (χ3v) is 3.51. The van der Waals surface area contributed by atoms with Gasteiger partial charge in [0.2, 0.25) is 5.95 Å². The highest BCUT2D eigenvalue weighted by atomic mass is 35.5. The number of nitrogens with two attached hydrogens (primary N) is 1. The first-order valence-electron chi connectivity index (χ1n) is 5.50. The zero-order chi connectivity index (χ0) is 13.4. The SMILES string of the molecule is CSc1nc(N)nc2cc(-c3ccc(Cl)cc3)nn12. The largest absolute Gasteiger partial charge is 0.368 e. The smallest absolute Gasteiger partial charge is 0.224 e. The second-order valence-electron chi connectivity index (χ2n) is 3.87. The van der Waals surface area contributed by atoms with Crippen LogP contribution < -0.4 is 5.73 Å². The molecule has 0 radical (unpaired) electrons. The molecular formula is C12H10ClN5S. The Morgan fingerprint density at radius 2 is 1.95 bits per heavy atom. The number of nitrogen functional groups attached to an aromatic ring is 1. The molecule has 96 valence electrons. The van der Waals surface area contributed by atoms with Gasteiger partial charge >= 0.3 is 0 Å². The monoisotopic (exact) mass is 291 g/mol. The van der Waals surface area contributed by atoms with Gasteiger partial charge < -0.3 is 5.73 Å². The van der Waals surface area contributed by atoms with Crippen LogP contribution in [0.1, 0.15) is 0 Å². The summed E-state index contributed by atoms with van der Waals surface area (Å²) >= 11 is 7.35. The van der Waals surface area contributed by atoms with Crippen molar-refractivity contribution >= 4 is 35.0 Å². The van der Waals surface area contributed by atoms with Crippen LogP contribution in [0.15, 0.2) is 35.5 Å². The van der Waals surface area contributed by atoms with Crippen molar-refractivity contribution in [3.8, 4) is 11.3 Å². The number of rotatable bonds is 2. The Morgan fingerprint density at radius 1 is 1.21 bits per heavy atom. The van der Waals surface area contributed by atoms with E-state index in [1.807, 2.05) is 36.6 Å². The van der Waals surface area contributed by atoms with Crippen LogP contribution >= 0.6 is 23.4 Å². The summed E-state index contributed by atoms with van der Waals surface area (Å²) in [6, 6.07) is 9.37. The van der Waals surface area contributed by atoms with Crippen molar-refractivity contribution in [3.63, 3.8) is 0 Å². The maximum absolute atomic E-state index is 5.88. The topological polar surface area (TPSA) is 69.1 Å². The van der Waals surface area contributed by atoms with Crippen molar-refractivity contribution in [3.05, 3.63) is 35.4 Å². The van der Waals surface area contributed by atoms with Gasteiger partial charge in [0.25, 0.3) is 0 Å². The zero-order valence-electron chi connectivity index (χ0n) is 10.0. The van der Waals surface area contributed by atoms with E-state index >= 15 is 0 Å². The van der Waals surface area contributed by atoms with E-state index in [2.05, 4.69) is 15.1 Å². The number of anilines is 1. The lowest BCUT2D eigenvalue weighted by Crippen LogP contribution is -2.03. The summed E-state index contributed by atoms with van der Waals surface area (Å²) in [5.74, 6) is 0.249. The Morgan fingerprint density at radius 3 is 2.63 bits per heavy atom. The second-order valence-corrected chi connectivity index (χ2v) is 5.08. The summed E-state index contributed by atoms with van der Waals surface area (Å²) in [6.45, 7) is 0. The Labute approximate surface area is 118 Å². The molecule has 0 unspecified atom stereocenters. The molecule has 2 N–H and O–H groups in total. The Hall–Kier alpha value is -1.79. The molecule has 0 saturated heterocycles.